The number of benzene rings is 1. The predicted molar refractivity (Wildman–Crippen MR) is 84.3 cm³/mol. The van der Waals surface area contributed by atoms with Crippen LogP contribution in [0.1, 0.15) is 36.0 Å². The van der Waals surface area contributed by atoms with Gasteiger partial charge in [0.15, 0.2) is 5.82 Å². The molecule has 0 atom stereocenters. The fourth-order valence-corrected chi connectivity index (χ4v) is 2.55. The molecule has 0 unspecified atom stereocenters. The molecular formula is C17H17FN4O2. The quantitative estimate of drug-likeness (QED) is 0.719. The summed E-state index contributed by atoms with van der Waals surface area (Å²) in [7, 11) is 1.53. The van der Waals surface area contributed by atoms with Crippen LogP contribution >= 0.6 is 0 Å². The molecule has 0 saturated heterocycles. The molecule has 3 aromatic rings. The van der Waals surface area contributed by atoms with Crippen LogP contribution in [0.25, 0.3) is 11.5 Å². The van der Waals surface area contributed by atoms with Gasteiger partial charge in [-0.15, -0.1) is 0 Å². The minimum absolute atomic E-state index is 0.237. The van der Waals surface area contributed by atoms with Crippen molar-refractivity contribution in [2.45, 2.75) is 32.2 Å². The molecule has 2 heterocycles. The summed E-state index contributed by atoms with van der Waals surface area (Å²) >= 11 is 0. The Balaban J connectivity index is 1.61. The van der Waals surface area contributed by atoms with Crippen molar-refractivity contribution in [3.05, 3.63) is 47.6 Å². The molecule has 0 amide bonds. The molecule has 0 aliphatic heterocycles. The zero-order valence-corrected chi connectivity index (χ0v) is 13.5. The van der Waals surface area contributed by atoms with Gasteiger partial charge < -0.3 is 9.15 Å². The number of hydrogen-bond acceptors (Lipinski definition) is 5. The number of methoxy groups -OCH3 is 1. The van der Waals surface area contributed by atoms with Gasteiger partial charge in [-0.25, -0.2) is 19.0 Å². The molecule has 0 spiro atoms. The fraction of sp³-hybridized carbons (Fsp3) is 0.353. The summed E-state index contributed by atoms with van der Waals surface area (Å²) < 4.78 is 26.6. The molecule has 2 aromatic heterocycles. The molecule has 0 bridgehead atoms. The van der Waals surface area contributed by atoms with E-state index < -0.39 is 5.82 Å². The average Bonchev–Trinajstić information content (AvgIpc) is 3.23. The molecule has 0 N–H and O–H groups in total. The molecular weight excluding hydrogens is 311 g/mol. The third-order valence-electron chi connectivity index (χ3n) is 4.11. The van der Waals surface area contributed by atoms with Gasteiger partial charge in [0.05, 0.1) is 19.2 Å². The summed E-state index contributed by atoms with van der Waals surface area (Å²) in [6.45, 7) is 2.25. The Morgan fingerprint density at radius 3 is 2.96 bits per heavy atom. The van der Waals surface area contributed by atoms with Crippen molar-refractivity contribution in [1.82, 2.24) is 19.7 Å². The summed E-state index contributed by atoms with van der Waals surface area (Å²) in [6.07, 6.45) is 4.02. The van der Waals surface area contributed by atoms with Gasteiger partial charge >= 0.3 is 0 Å². The second kappa shape index (κ2) is 5.74. The summed E-state index contributed by atoms with van der Waals surface area (Å²) in [6, 6.07) is 4.47. The number of aromatic nitrogens is 4. The molecule has 1 saturated carbocycles. The Hall–Kier alpha value is -2.70. The summed E-state index contributed by atoms with van der Waals surface area (Å²) in [4.78, 5) is 8.75. The highest BCUT2D eigenvalue weighted by molar-refractivity contribution is 5.57. The number of oxazole rings is 1. The lowest BCUT2D eigenvalue weighted by Gasteiger charge is -2.02. The van der Waals surface area contributed by atoms with Gasteiger partial charge in [-0.05, 0) is 38.0 Å². The van der Waals surface area contributed by atoms with E-state index in [2.05, 4.69) is 15.1 Å². The van der Waals surface area contributed by atoms with Gasteiger partial charge in [0, 0.05) is 5.92 Å². The lowest BCUT2D eigenvalue weighted by atomic mass is 10.2. The second-order valence-electron chi connectivity index (χ2n) is 5.94. The Morgan fingerprint density at radius 1 is 1.38 bits per heavy atom. The van der Waals surface area contributed by atoms with Crippen molar-refractivity contribution < 1.29 is 13.5 Å². The maximum absolute atomic E-state index is 14.1. The fourth-order valence-electron chi connectivity index (χ4n) is 2.55. The van der Waals surface area contributed by atoms with Crippen LogP contribution in [-0.4, -0.2) is 26.9 Å². The Bertz CT molecular complexity index is 883. The van der Waals surface area contributed by atoms with E-state index in [0.717, 1.165) is 18.7 Å². The Labute approximate surface area is 138 Å². The van der Waals surface area contributed by atoms with Crippen LogP contribution < -0.4 is 4.74 Å². The highest BCUT2D eigenvalue weighted by atomic mass is 19.1. The molecule has 1 aliphatic rings. The van der Waals surface area contributed by atoms with Gasteiger partial charge in [0.25, 0.3) is 0 Å². The second-order valence-corrected chi connectivity index (χ2v) is 5.94. The third kappa shape index (κ3) is 2.77. The van der Waals surface area contributed by atoms with E-state index in [1.54, 1.807) is 23.1 Å². The number of aryl methyl sites for hydroxylation is 1. The van der Waals surface area contributed by atoms with Crippen molar-refractivity contribution in [1.29, 1.82) is 0 Å². The predicted octanol–water partition coefficient (Wildman–Crippen LogP) is 3.31. The zero-order chi connectivity index (χ0) is 16.7. The van der Waals surface area contributed by atoms with E-state index in [1.165, 1.54) is 13.2 Å². The minimum Gasteiger partial charge on any atom is -0.497 e. The number of ether oxygens (including phenoxy) is 1. The molecule has 4 rings (SSSR count). The monoisotopic (exact) mass is 328 g/mol. The molecule has 1 aliphatic carbocycles. The minimum atomic E-state index is -0.402. The number of nitrogens with zero attached hydrogens (tertiary/aromatic N) is 4. The normalized spacial score (nSPS) is 14.1. The maximum atomic E-state index is 14.1. The largest absolute Gasteiger partial charge is 0.497 e. The highest BCUT2D eigenvalue weighted by Gasteiger charge is 2.27. The summed E-state index contributed by atoms with van der Waals surface area (Å²) in [5.41, 5.74) is 0.987. The van der Waals surface area contributed by atoms with Crippen LogP contribution in [0, 0.1) is 12.7 Å². The number of rotatable bonds is 5. The highest BCUT2D eigenvalue weighted by Crippen LogP contribution is 2.37. The molecule has 0 radical (unpaired) electrons. The zero-order valence-electron chi connectivity index (χ0n) is 13.5. The maximum Gasteiger partial charge on any atom is 0.229 e. The van der Waals surface area contributed by atoms with Gasteiger partial charge in [-0.2, -0.15) is 5.10 Å². The van der Waals surface area contributed by atoms with E-state index in [9.17, 15) is 4.39 Å². The topological polar surface area (TPSA) is 66.0 Å². The first-order valence-electron chi connectivity index (χ1n) is 7.83. The molecule has 6 nitrogen and oxygen atoms in total. The molecule has 24 heavy (non-hydrogen) atoms. The smallest absolute Gasteiger partial charge is 0.229 e. The van der Waals surface area contributed by atoms with Crippen LogP contribution in [0.15, 0.2) is 28.9 Å². The molecule has 1 aromatic carbocycles. The molecule has 7 heteroatoms. The van der Waals surface area contributed by atoms with E-state index in [-0.39, 0.29) is 11.5 Å². The summed E-state index contributed by atoms with van der Waals surface area (Å²) in [5, 5.41) is 4.47. The molecule has 124 valence electrons. The van der Waals surface area contributed by atoms with Crippen molar-refractivity contribution in [3.8, 4) is 17.2 Å². The first-order chi connectivity index (χ1) is 11.6. The van der Waals surface area contributed by atoms with Crippen molar-refractivity contribution in [2.75, 3.05) is 7.11 Å². The van der Waals surface area contributed by atoms with Crippen molar-refractivity contribution in [2.24, 2.45) is 0 Å². The van der Waals surface area contributed by atoms with Crippen LogP contribution in [0.5, 0.6) is 5.75 Å². The van der Waals surface area contributed by atoms with E-state index in [0.29, 0.717) is 29.7 Å². The lowest BCUT2D eigenvalue weighted by Crippen LogP contribution is -2.02. The molecule has 1 fully saturated rings. The number of halogens is 1. The van der Waals surface area contributed by atoms with Gasteiger partial charge in [0.2, 0.25) is 5.89 Å². The Morgan fingerprint density at radius 2 is 2.21 bits per heavy atom. The first-order valence-corrected chi connectivity index (χ1v) is 7.83. The van der Waals surface area contributed by atoms with E-state index in [4.69, 9.17) is 9.15 Å². The van der Waals surface area contributed by atoms with Crippen LogP contribution in [0.2, 0.25) is 0 Å². The SMILES string of the molecule is COc1ccc(F)c(-c2nc(Cn3cnc(C4CC4)n3)c(C)o2)c1. The lowest BCUT2D eigenvalue weighted by molar-refractivity contribution is 0.413. The third-order valence-corrected chi connectivity index (χ3v) is 4.11. The first kappa shape index (κ1) is 14.9. The van der Waals surface area contributed by atoms with Gasteiger partial charge in [0.1, 0.15) is 29.3 Å². The van der Waals surface area contributed by atoms with Gasteiger partial charge in [-0.3, -0.25) is 0 Å². The van der Waals surface area contributed by atoms with Crippen LogP contribution in [-0.2, 0) is 6.54 Å². The van der Waals surface area contributed by atoms with Gasteiger partial charge in [-0.1, -0.05) is 0 Å². The van der Waals surface area contributed by atoms with Crippen LogP contribution in [0.3, 0.4) is 0 Å². The Kier molecular flexibility index (Phi) is 3.55. The standard InChI is InChI=1S/C17H17FN4O2/c1-10-15(8-22-9-19-16(21-22)11-3-4-11)20-17(24-10)13-7-12(23-2)5-6-14(13)18/h5-7,9,11H,3-4,8H2,1-2H3. The average molecular weight is 328 g/mol. The van der Waals surface area contributed by atoms with E-state index in [1.807, 2.05) is 6.92 Å². The van der Waals surface area contributed by atoms with Crippen molar-refractivity contribution >= 4 is 0 Å². The van der Waals surface area contributed by atoms with Crippen LogP contribution in [0.4, 0.5) is 4.39 Å². The van der Waals surface area contributed by atoms with E-state index >= 15 is 0 Å². The van der Waals surface area contributed by atoms with Crippen molar-refractivity contribution in [3.63, 3.8) is 0 Å². The summed E-state index contributed by atoms with van der Waals surface area (Å²) in [5.74, 6) is 2.41. The number of hydrogen-bond donors (Lipinski definition) is 0.